The molecule has 0 aliphatic carbocycles. The summed E-state index contributed by atoms with van der Waals surface area (Å²) in [6, 6.07) is 1.07. The van der Waals surface area contributed by atoms with Gasteiger partial charge in [-0.05, 0) is 57.8 Å². The summed E-state index contributed by atoms with van der Waals surface area (Å²) in [5.41, 5.74) is 0. The highest BCUT2D eigenvalue weighted by Crippen LogP contribution is 2.42. The molecule has 2 heterocycles. The van der Waals surface area contributed by atoms with Crippen LogP contribution in [0.4, 0.5) is 0 Å². The van der Waals surface area contributed by atoms with Crippen molar-refractivity contribution < 1.29 is 13.6 Å². The first kappa shape index (κ1) is 18.4. The lowest BCUT2D eigenvalue weighted by molar-refractivity contribution is -0.0170. The molecule has 0 radical (unpaired) electrons. The second kappa shape index (κ2) is 8.78. The van der Waals surface area contributed by atoms with Gasteiger partial charge in [0.15, 0.2) is 0 Å². The highest BCUT2D eigenvalue weighted by Gasteiger charge is 2.58. The van der Waals surface area contributed by atoms with Gasteiger partial charge in [-0.15, -0.1) is 0 Å². The normalized spacial score (nSPS) is 30.1. The first-order valence-electron chi connectivity index (χ1n) is 9.10. The minimum absolute atomic E-state index is 0.152. The third kappa shape index (κ3) is 3.93. The van der Waals surface area contributed by atoms with Crippen LogP contribution in [0.2, 0.25) is 6.04 Å². The van der Waals surface area contributed by atoms with Gasteiger partial charge >= 0.3 is 8.56 Å². The van der Waals surface area contributed by atoms with Gasteiger partial charge in [0, 0.05) is 21.3 Å². The van der Waals surface area contributed by atoms with Crippen LogP contribution in [0.3, 0.4) is 0 Å². The Kier molecular flexibility index (Phi) is 7.34. The Morgan fingerprint density at radius 1 is 0.909 bits per heavy atom. The fourth-order valence-electron chi connectivity index (χ4n) is 4.47. The zero-order valence-corrected chi connectivity index (χ0v) is 15.9. The molecule has 2 aliphatic heterocycles. The molecule has 2 saturated heterocycles. The van der Waals surface area contributed by atoms with E-state index in [4.69, 9.17) is 13.6 Å². The Balaban J connectivity index is 1.93. The van der Waals surface area contributed by atoms with Crippen molar-refractivity contribution in [3.63, 3.8) is 0 Å². The van der Waals surface area contributed by atoms with Crippen LogP contribution in [0.1, 0.15) is 57.8 Å². The van der Waals surface area contributed by atoms with E-state index in [0.717, 1.165) is 18.9 Å². The van der Waals surface area contributed by atoms with Crippen molar-refractivity contribution in [3.05, 3.63) is 0 Å². The SMILES string of the molecule is COC1(CCCN2CCCCCC2)CCCC[Si]1(OC)OC. The van der Waals surface area contributed by atoms with Crippen LogP contribution in [0, 0.1) is 0 Å². The second-order valence-corrected chi connectivity index (χ2v) is 10.7. The molecule has 0 amide bonds. The molecule has 2 rings (SSSR count). The predicted octanol–water partition coefficient (Wildman–Crippen LogP) is 3.49. The van der Waals surface area contributed by atoms with Crippen molar-refractivity contribution in [2.24, 2.45) is 0 Å². The van der Waals surface area contributed by atoms with Gasteiger partial charge in [-0.3, -0.25) is 0 Å². The zero-order valence-electron chi connectivity index (χ0n) is 14.9. The lowest BCUT2D eigenvalue weighted by Gasteiger charge is -2.48. The van der Waals surface area contributed by atoms with Crippen LogP contribution in [0.5, 0.6) is 0 Å². The van der Waals surface area contributed by atoms with Crippen molar-refractivity contribution in [3.8, 4) is 0 Å². The molecule has 0 spiro atoms. The summed E-state index contributed by atoms with van der Waals surface area (Å²) in [4.78, 5) is 2.64. The Labute approximate surface area is 137 Å². The van der Waals surface area contributed by atoms with E-state index in [-0.39, 0.29) is 5.22 Å². The molecule has 1 atom stereocenters. The van der Waals surface area contributed by atoms with Crippen LogP contribution in [-0.2, 0) is 13.6 Å². The summed E-state index contributed by atoms with van der Waals surface area (Å²) in [5, 5.41) is -0.152. The van der Waals surface area contributed by atoms with E-state index in [9.17, 15) is 0 Å². The van der Waals surface area contributed by atoms with E-state index in [1.165, 1.54) is 64.6 Å². The Morgan fingerprint density at radius 3 is 2.18 bits per heavy atom. The topological polar surface area (TPSA) is 30.9 Å². The van der Waals surface area contributed by atoms with E-state index in [1.54, 1.807) is 0 Å². The fourth-order valence-corrected chi connectivity index (χ4v) is 8.39. The zero-order chi connectivity index (χ0) is 15.9. The molecular weight excluding hydrogens is 294 g/mol. The van der Waals surface area contributed by atoms with Gasteiger partial charge < -0.3 is 18.5 Å². The van der Waals surface area contributed by atoms with Crippen molar-refractivity contribution >= 4 is 8.56 Å². The lowest BCUT2D eigenvalue weighted by atomic mass is 10.1. The van der Waals surface area contributed by atoms with E-state index >= 15 is 0 Å². The smallest absolute Gasteiger partial charge is 0.370 e. The highest BCUT2D eigenvalue weighted by atomic mass is 28.4. The quantitative estimate of drug-likeness (QED) is 0.669. The molecule has 0 saturated carbocycles. The maximum Gasteiger partial charge on any atom is 0.370 e. The number of ether oxygens (including phenoxy) is 1. The molecule has 0 N–H and O–H groups in total. The number of hydrogen-bond donors (Lipinski definition) is 0. The molecule has 0 bridgehead atoms. The first-order chi connectivity index (χ1) is 10.7. The average molecular weight is 330 g/mol. The number of likely N-dealkylation sites (tertiary alicyclic amines) is 1. The first-order valence-corrected chi connectivity index (χ1v) is 11.1. The summed E-state index contributed by atoms with van der Waals surface area (Å²) in [6.07, 6.45) is 11.4. The van der Waals surface area contributed by atoms with Crippen molar-refractivity contribution in [2.75, 3.05) is 41.0 Å². The van der Waals surface area contributed by atoms with E-state index < -0.39 is 8.56 Å². The van der Waals surface area contributed by atoms with Crippen LogP contribution >= 0.6 is 0 Å². The monoisotopic (exact) mass is 329 g/mol. The molecule has 0 aromatic rings. The van der Waals surface area contributed by atoms with Gasteiger partial charge in [0.2, 0.25) is 0 Å². The van der Waals surface area contributed by atoms with E-state index in [2.05, 4.69) is 4.90 Å². The third-order valence-corrected chi connectivity index (χ3v) is 10.3. The van der Waals surface area contributed by atoms with Crippen molar-refractivity contribution in [1.29, 1.82) is 0 Å². The average Bonchev–Trinajstić information content (AvgIpc) is 2.84. The van der Waals surface area contributed by atoms with Crippen LogP contribution in [-0.4, -0.2) is 59.6 Å². The number of hydrogen-bond acceptors (Lipinski definition) is 4. The van der Waals surface area contributed by atoms with Gasteiger partial charge in [0.25, 0.3) is 0 Å². The molecule has 0 aromatic heterocycles. The third-order valence-electron chi connectivity index (χ3n) is 5.83. The minimum Gasteiger partial charge on any atom is -0.396 e. The number of nitrogens with zero attached hydrogens (tertiary/aromatic N) is 1. The van der Waals surface area contributed by atoms with Crippen LogP contribution in [0.25, 0.3) is 0 Å². The largest absolute Gasteiger partial charge is 0.396 e. The summed E-state index contributed by atoms with van der Waals surface area (Å²) in [5.74, 6) is 0. The molecule has 130 valence electrons. The van der Waals surface area contributed by atoms with Gasteiger partial charge in [0.1, 0.15) is 5.22 Å². The standard InChI is InChI=1S/C17H35NO3Si/c1-19-17(11-6-9-16-22(17,20-2)21-3)12-10-15-18-13-7-4-5-8-14-18/h4-16H2,1-3H3. The maximum atomic E-state index is 6.08. The van der Waals surface area contributed by atoms with Gasteiger partial charge in [-0.1, -0.05) is 25.7 Å². The van der Waals surface area contributed by atoms with Crippen LogP contribution in [0.15, 0.2) is 0 Å². The van der Waals surface area contributed by atoms with Gasteiger partial charge in [0.05, 0.1) is 0 Å². The van der Waals surface area contributed by atoms with Crippen molar-refractivity contribution in [1.82, 2.24) is 4.90 Å². The molecule has 4 nitrogen and oxygen atoms in total. The Bertz CT molecular complexity index is 317. The number of rotatable bonds is 7. The molecule has 5 heteroatoms. The highest BCUT2D eigenvalue weighted by molar-refractivity contribution is 6.70. The molecule has 1 unspecified atom stereocenters. The van der Waals surface area contributed by atoms with Crippen molar-refractivity contribution in [2.45, 2.75) is 69.1 Å². The van der Waals surface area contributed by atoms with Gasteiger partial charge in [-0.25, -0.2) is 0 Å². The minimum atomic E-state index is -2.25. The second-order valence-electron chi connectivity index (χ2n) is 6.93. The summed E-state index contributed by atoms with van der Waals surface area (Å²) in [7, 11) is 3.26. The summed E-state index contributed by atoms with van der Waals surface area (Å²) in [6.45, 7) is 3.75. The molecule has 2 fully saturated rings. The molecule has 2 aliphatic rings. The Morgan fingerprint density at radius 2 is 1.59 bits per heavy atom. The maximum absolute atomic E-state index is 6.08. The Hall–Kier alpha value is 0.0569. The summed E-state index contributed by atoms with van der Waals surface area (Å²) < 4.78 is 18.0. The predicted molar refractivity (Wildman–Crippen MR) is 92.3 cm³/mol. The van der Waals surface area contributed by atoms with Crippen LogP contribution < -0.4 is 0 Å². The van der Waals surface area contributed by atoms with Gasteiger partial charge in [-0.2, -0.15) is 0 Å². The van der Waals surface area contributed by atoms with E-state index in [0.29, 0.717) is 0 Å². The lowest BCUT2D eigenvalue weighted by Crippen LogP contribution is -2.64. The van der Waals surface area contributed by atoms with E-state index in [1.807, 2.05) is 21.3 Å². The fraction of sp³-hybridized carbons (Fsp3) is 1.00. The molecule has 0 aromatic carbocycles. The summed E-state index contributed by atoms with van der Waals surface area (Å²) >= 11 is 0. The molecular formula is C17H35NO3Si. The molecule has 22 heavy (non-hydrogen) atoms. The number of methoxy groups -OCH3 is 1.